The summed E-state index contributed by atoms with van der Waals surface area (Å²) < 4.78 is 0. The molecule has 0 radical (unpaired) electrons. The van der Waals surface area contributed by atoms with Gasteiger partial charge in [0.1, 0.15) is 0 Å². The van der Waals surface area contributed by atoms with Crippen LogP contribution in [0.2, 0.25) is 0 Å². The van der Waals surface area contributed by atoms with Crippen molar-refractivity contribution in [3.8, 4) is 0 Å². The number of carboxylic acid groups (broad SMARTS) is 1. The van der Waals surface area contributed by atoms with E-state index in [4.69, 9.17) is 5.11 Å². The number of nitrogens with zero attached hydrogens (tertiary/aromatic N) is 1. The molecule has 1 aromatic carbocycles. The van der Waals surface area contributed by atoms with E-state index < -0.39 is 5.97 Å². The van der Waals surface area contributed by atoms with Crippen LogP contribution in [0.4, 0.5) is 0 Å². The highest BCUT2D eigenvalue weighted by atomic mass is 16.4. The van der Waals surface area contributed by atoms with E-state index in [-0.39, 0.29) is 6.42 Å². The van der Waals surface area contributed by atoms with Crippen molar-refractivity contribution in [1.29, 1.82) is 0 Å². The second kappa shape index (κ2) is 7.91. The van der Waals surface area contributed by atoms with E-state index in [1.165, 1.54) is 31.2 Å². The molecular formula is C17H23NO3. The van der Waals surface area contributed by atoms with E-state index in [1.807, 2.05) is 12.1 Å². The van der Waals surface area contributed by atoms with E-state index in [9.17, 15) is 9.70 Å². The molecule has 21 heavy (non-hydrogen) atoms. The predicted octanol–water partition coefficient (Wildman–Crippen LogP) is 3.82. The first-order valence-corrected chi connectivity index (χ1v) is 7.76. The molecule has 4 nitrogen and oxygen atoms in total. The number of carboxylic acids is 1. The number of nitroso groups, excluding NO2 is 1. The van der Waals surface area contributed by atoms with Crippen LogP contribution in [0.1, 0.15) is 43.2 Å². The van der Waals surface area contributed by atoms with Gasteiger partial charge in [0.25, 0.3) is 0 Å². The van der Waals surface area contributed by atoms with Gasteiger partial charge in [0.2, 0.25) is 0 Å². The van der Waals surface area contributed by atoms with Crippen molar-refractivity contribution in [2.75, 3.05) is 6.54 Å². The number of rotatable bonds is 7. The molecule has 1 aromatic rings. The monoisotopic (exact) mass is 289 g/mol. The van der Waals surface area contributed by atoms with E-state index in [1.54, 1.807) is 0 Å². The summed E-state index contributed by atoms with van der Waals surface area (Å²) in [5, 5.41) is 11.7. The Labute approximate surface area is 125 Å². The summed E-state index contributed by atoms with van der Waals surface area (Å²) in [6.45, 7) is 0.459. The lowest BCUT2D eigenvalue weighted by atomic mass is 9.78. The lowest BCUT2D eigenvalue weighted by Gasteiger charge is -2.28. The molecule has 1 aliphatic rings. The molecule has 4 heteroatoms. The van der Waals surface area contributed by atoms with Gasteiger partial charge in [0.05, 0.1) is 13.0 Å². The van der Waals surface area contributed by atoms with Gasteiger partial charge in [-0.3, -0.25) is 4.79 Å². The van der Waals surface area contributed by atoms with Crippen molar-refractivity contribution in [2.24, 2.45) is 17.0 Å². The molecular weight excluding hydrogens is 266 g/mol. The van der Waals surface area contributed by atoms with Gasteiger partial charge in [-0.15, -0.1) is 0 Å². The maximum Gasteiger partial charge on any atom is 0.307 e. The van der Waals surface area contributed by atoms with Crippen LogP contribution in [0.25, 0.3) is 0 Å². The SMILES string of the molecule is O=NCCC1CCC(Cc2ccc(CC(=O)O)cc2)CC1. The number of benzene rings is 1. The molecule has 0 atom stereocenters. The van der Waals surface area contributed by atoms with Crippen molar-refractivity contribution < 1.29 is 9.90 Å². The number of hydrogen-bond donors (Lipinski definition) is 1. The minimum Gasteiger partial charge on any atom is -0.481 e. The van der Waals surface area contributed by atoms with E-state index in [0.29, 0.717) is 12.5 Å². The molecule has 0 aromatic heterocycles. The van der Waals surface area contributed by atoms with Crippen molar-refractivity contribution in [1.82, 2.24) is 0 Å². The zero-order chi connectivity index (χ0) is 15.1. The van der Waals surface area contributed by atoms with Crippen molar-refractivity contribution in [3.63, 3.8) is 0 Å². The second-order valence-electron chi connectivity index (χ2n) is 6.12. The van der Waals surface area contributed by atoms with Gasteiger partial charge in [-0.1, -0.05) is 42.3 Å². The smallest absolute Gasteiger partial charge is 0.307 e. The highest BCUT2D eigenvalue weighted by Crippen LogP contribution is 2.32. The standard InChI is InChI=1S/C17H23NO3/c19-17(20)12-16-7-5-15(6-8-16)11-14-3-1-13(2-4-14)9-10-18-21/h5-8,13-14H,1-4,9-12H2,(H,19,20). The van der Waals surface area contributed by atoms with Crippen LogP contribution in [0.5, 0.6) is 0 Å². The summed E-state index contributed by atoms with van der Waals surface area (Å²) >= 11 is 0. The van der Waals surface area contributed by atoms with E-state index in [2.05, 4.69) is 17.3 Å². The summed E-state index contributed by atoms with van der Waals surface area (Å²) in [6.07, 6.45) is 6.97. The van der Waals surface area contributed by atoms with Gasteiger partial charge in [-0.25, -0.2) is 0 Å². The average molecular weight is 289 g/mol. The lowest BCUT2D eigenvalue weighted by molar-refractivity contribution is -0.136. The van der Waals surface area contributed by atoms with Crippen LogP contribution in [-0.2, 0) is 17.6 Å². The Morgan fingerprint density at radius 2 is 1.62 bits per heavy atom. The molecule has 0 unspecified atom stereocenters. The Kier molecular flexibility index (Phi) is 5.90. The van der Waals surface area contributed by atoms with Crippen LogP contribution in [-0.4, -0.2) is 17.6 Å². The third-order valence-corrected chi connectivity index (χ3v) is 4.50. The Hall–Kier alpha value is -1.71. The molecule has 0 spiro atoms. The number of hydrogen-bond acceptors (Lipinski definition) is 3. The summed E-state index contributed by atoms with van der Waals surface area (Å²) in [4.78, 5) is 20.8. The van der Waals surface area contributed by atoms with Crippen molar-refractivity contribution in [3.05, 3.63) is 40.3 Å². The molecule has 1 saturated carbocycles. The summed E-state index contributed by atoms with van der Waals surface area (Å²) in [7, 11) is 0. The molecule has 2 rings (SSSR count). The third kappa shape index (κ3) is 5.29. The zero-order valence-electron chi connectivity index (χ0n) is 12.3. The first kappa shape index (κ1) is 15.7. The Balaban J connectivity index is 1.78. The molecule has 0 bridgehead atoms. The molecule has 1 N–H and O–H groups in total. The van der Waals surface area contributed by atoms with Crippen LogP contribution in [0.3, 0.4) is 0 Å². The highest BCUT2D eigenvalue weighted by molar-refractivity contribution is 5.70. The van der Waals surface area contributed by atoms with Gasteiger partial charge >= 0.3 is 5.97 Å². The van der Waals surface area contributed by atoms with Crippen molar-refractivity contribution in [2.45, 2.75) is 44.9 Å². The first-order chi connectivity index (χ1) is 10.2. The molecule has 1 aliphatic carbocycles. The largest absolute Gasteiger partial charge is 0.481 e. The molecule has 0 heterocycles. The average Bonchev–Trinajstić information content (AvgIpc) is 2.48. The Morgan fingerprint density at radius 3 is 2.19 bits per heavy atom. The fourth-order valence-electron chi connectivity index (χ4n) is 3.26. The molecule has 0 amide bonds. The van der Waals surface area contributed by atoms with Crippen LogP contribution < -0.4 is 0 Å². The quantitative estimate of drug-likeness (QED) is 0.776. The number of aliphatic carboxylic acids is 1. The summed E-state index contributed by atoms with van der Waals surface area (Å²) in [6, 6.07) is 7.96. The van der Waals surface area contributed by atoms with Gasteiger partial charge in [-0.2, -0.15) is 4.91 Å². The van der Waals surface area contributed by atoms with Gasteiger partial charge < -0.3 is 5.11 Å². The topological polar surface area (TPSA) is 66.7 Å². The highest BCUT2D eigenvalue weighted by Gasteiger charge is 2.21. The maximum atomic E-state index is 10.7. The van der Waals surface area contributed by atoms with E-state index in [0.717, 1.165) is 24.3 Å². The van der Waals surface area contributed by atoms with Crippen LogP contribution in [0, 0.1) is 16.7 Å². The minimum atomic E-state index is -0.786. The normalized spacial score (nSPS) is 21.9. The van der Waals surface area contributed by atoms with Crippen molar-refractivity contribution >= 4 is 5.97 Å². The number of carbonyl (C=O) groups is 1. The Bertz CT molecular complexity index is 461. The molecule has 0 saturated heterocycles. The minimum absolute atomic E-state index is 0.0934. The lowest BCUT2D eigenvalue weighted by Crippen LogP contribution is -2.17. The maximum absolute atomic E-state index is 10.7. The fraction of sp³-hybridized carbons (Fsp3) is 0.588. The Morgan fingerprint density at radius 1 is 1.05 bits per heavy atom. The fourth-order valence-corrected chi connectivity index (χ4v) is 3.26. The van der Waals surface area contributed by atoms with Gasteiger partial charge in [0, 0.05) is 0 Å². The van der Waals surface area contributed by atoms with Gasteiger partial charge in [0.15, 0.2) is 0 Å². The molecule has 0 aliphatic heterocycles. The third-order valence-electron chi connectivity index (χ3n) is 4.50. The zero-order valence-corrected chi connectivity index (χ0v) is 12.3. The first-order valence-electron chi connectivity index (χ1n) is 7.76. The molecule has 1 fully saturated rings. The summed E-state index contributed by atoms with van der Waals surface area (Å²) in [5.74, 6) is 0.610. The van der Waals surface area contributed by atoms with Crippen LogP contribution in [0.15, 0.2) is 29.4 Å². The van der Waals surface area contributed by atoms with Gasteiger partial charge in [-0.05, 0) is 48.6 Å². The van der Waals surface area contributed by atoms with E-state index >= 15 is 0 Å². The van der Waals surface area contributed by atoms with Crippen LogP contribution >= 0.6 is 0 Å². The second-order valence-corrected chi connectivity index (χ2v) is 6.12. The molecule has 114 valence electrons. The predicted molar refractivity (Wildman–Crippen MR) is 82.2 cm³/mol. The summed E-state index contributed by atoms with van der Waals surface area (Å²) in [5.41, 5.74) is 2.15.